The van der Waals surface area contributed by atoms with Crippen molar-refractivity contribution in [1.82, 2.24) is 0 Å². The third-order valence-electron chi connectivity index (χ3n) is 2.16. The van der Waals surface area contributed by atoms with E-state index in [2.05, 4.69) is 0 Å². The Morgan fingerprint density at radius 2 is 2.28 bits per heavy atom. The van der Waals surface area contributed by atoms with Crippen molar-refractivity contribution in [2.75, 3.05) is 24.7 Å². The number of nitriles is 1. The lowest BCUT2D eigenvalue weighted by molar-refractivity contribution is -0.246. The smallest absolute Gasteiger partial charge is 0.141 e. The second-order valence-corrected chi connectivity index (χ2v) is 3.85. The summed E-state index contributed by atoms with van der Waals surface area (Å²) in [4.78, 5) is 12.0. The van der Waals surface area contributed by atoms with Gasteiger partial charge in [-0.1, -0.05) is 17.7 Å². The Balaban J connectivity index is 2.56. The predicted molar refractivity (Wildman–Crippen MR) is 65.2 cm³/mol. The van der Waals surface area contributed by atoms with E-state index < -0.39 is 6.09 Å². The summed E-state index contributed by atoms with van der Waals surface area (Å²) in [5.41, 5.74) is 0.436. The molecular weight excluding hydrogens is 256 g/mol. The van der Waals surface area contributed by atoms with E-state index in [0.717, 1.165) is 4.90 Å². The van der Waals surface area contributed by atoms with Gasteiger partial charge in [0.2, 0.25) is 0 Å². The molecule has 0 aliphatic heterocycles. The Kier molecular flexibility index (Phi) is 5.98. The van der Waals surface area contributed by atoms with Gasteiger partial charge in [-0.05, 0) is 18.2 Å². The zero-order chi connectivity index (χ0) is 13.4. The number of nitrogens with zero attached hydrogens (tertiary/aromatic N) is 2. The lowest BCUT2D eigenvalue weighted by Gasteiger charge is -2.25. The fraction of sp³-hybridized carbons (Fsp3) is 0.333. The molecule has 0 radical (unpaired) electrons. The van der Waals surface area contributed by atoms with E-state index in [4.69, 9.17) is 21.6 Å². The van der Waals surface area contributed by atoms with Gasteiger partial charge in [-0.15, -0.1) is 0 Å². The van der Waals surface area contributed by atoms with E-state index in [1.165, 1.54) is 6.07 Å². The predicted octanol–water partition coefficient (Wildman–Crippen LogP) is 1.42. The number of anilines is 1. The summed E-state index contributed by atoms with van der Waals surface area (Å²) in [5, 5.41) is 19.8. The number of ether oxygens (including phenoxy) is 1. The van der Waals surface area contributed by atoms with Gasteiger partial charge in [0.25, 0.3) is 0 Å². The molecule has 0 N–H and O–H groups in total. The number of halogens is 1. The van der Waals surface area contributed by atoms with Crippen LogP contribution >= 0.6 is 11.6 Å². The van der Waals surface area contributed by atoms with Gasteiger partial charge in [0.1, 0.15) is 6.09 Å². The minimum Gasteiger partial charge on any atom is -0.530 e. The number of amides is 1. The maximum Gasteiger partial charge on any atom is 0.141 e. The lowest BCUT2D eigenvalue weighted by atomic mass is 10.3. The zero-order valence-corrected chi connectivity index (χ0v) is 10.4. The molecule has 96 valence electrons. The van der Waals surface area contributed by atoms with E-state index in [1.54, 1.807) is 18.2 Å². The molecule has 0 saturated heterocycles. The Bertz CT molecular complexity index is 445. The molecule has 0 spiro atoms. The topological polar surface area (TPSA) is 76.4 Å². The third kappa shape index (κ3) is 4.62. The summed E-state index contributed by atoms with van der Waals surface area (Å²) < 4.78 is 5.12. The maximum atomic E-state index is 11.0. The van der Waals surface area contributed by atoms with Crippen molar-refractivity contribution in [3.05, 3.63) is 29.3 Å². The fourth-order valence-electron chi connectivity index (χ4n) is 1.35. The van der Waals surface area contributed by atoms with Crippen LogP contribution in [0.4, 0.5) is 10.5 Å². The van der Waals surface area contributed by atoms with Crippen molar-refractivity contribution in [1.29, 1.82) is 5.26 Å². The Hall–Kier alpha value is -1.77. The average molecular weight is 268 g/mol. The first-order valence-electron chi connectivity index (χ1n) is 5.34. The highest BCUT2D eigenvalue weighted by molar-refractivity contribution is 6.30. The van der Waals surface area contributed by atoms with Gasteiger partial charge >= 0.3 is 0 Å². The van der Waals surface area contributed by atoms with Crippen LogP contribution in [0.3, 0.4) is 0 Å². The quantitative estimate of drug-likeness (QED) is 0.731. The molecular formula is C12H12ClN2O3-. The molecule has 0 heterocycles. The summed E-state index contributed by atoms with van der Waals surface area (Å²) in [6, 6.07) is 8.40. The molecule has 1 rings (SSSR count). The van der Waals surface area contributed by atoms with Crippen LogP contribution in [0.1, 0.15) is 6.42 Å². The van der Waals surface area contributed by atoms with Gasteiger partial charge in [-0.25, -0.2) is 0 Å². The minimum atomic E-state index is -1.32. The zero-order valence-electron chi connectivity index (χ0n) is 9.63. The number of carbonyl (C=O) groups is 1. The van der Waals surface area contributed by atoms with Crippen LogP contribution in [0.25, 0.3) is 0 Å². The lowest BCUT2D eigenvalue weighted by Crippen LogP contribution is -2.43. The average Bonchev–Trinajstić information content (AvgIpc) is 2.33. The van der Waals surface area contributed by atoms with Crippen LogP contribution in [0.2, 0.25) is 5.02 Å². The molecule has 0 aliphatic rings. The monoisotopic (exact) mass is 267 g/mol. The number of benzene rings is 1. The fourth-order valence-corrected chi connectivity index (χ4v) is 1.53. The number of rotatable bonds is 6. The van der Waals surface area contributed by atoms with E-state index in [9.17, 15) is 9.90 Å². The number of hydrogen-bond donors (Lipinski definition) is 0. The molecule has 0 atom stereocenters. The van der Waals surface area contributed by atoms with E-state index in [-0.39, 0.29) is 26.2 Å². The van der Waals surface area contributed by atoms with Gasteiger partial charge < -0.3 is 19.5 Å². The first-order chi connectivity index (χ1) is 8.65. The van der Waals surface area contributed by atoms with E-state index >= 15 is 0 Å². The molecule has 0 aromatic heterocycles. The van der Waals surface area contributed by atoms with Crippen LogP contribution in [0, 0.1) is 11.3 Å². The largest absolute Gasteiger partial charge is 0.530 e. The van der Waals surface area contributed by atoms with E-state index in [0.29, 0.717) is 10.7 Å². The highest BCUT2D eigenvalue weighted by Crippen LogP contribution is 2.18. The van der Waals surface area contributed by atoms with Crippen molar-refractivity contribution < 1.29 is 14.6 Å². The van der Waals surface area contributed by atoms with Crippen molar-refractivity contribution in [2.24, 2.45) is 0 Å². The van der Waals surface area contributed by atoms with Crippen LogP contribution in [0.5, 0.6) is 0 Å². The van der Waals surface area contributed by atoms with Gasteiger partial charge in [0.15, 0.2) is 0 Å². The molecule has 6 heteroatoms. The summed E-state index contributed by atoms with van der Waals surface area (Å²) in [6.45, 7) is 0.614. The van der Waals surface area contributed by atoms with Crippen molar-refractivity contribution >= 4 is 23.4 Å². The van der Waals surface area contributed by atoms with Gasteiger partial charge in [-0.3, -0.25) is 0 Å². The molecule has 0 fully saturated rings. The molecule has 1 amide bonds. The first kappa shape index (κ1) is 14.3. The third-order valence-corrected chi connectivity index (χ3v) is 2.39. The maximum absolute atomic E-state index is 11.0. The van der Waals surface area contributed by atoms with Gasteiger partial charge in [0.05, 0.1) is 25.7 Å². The van der Waals surface area contributed by atoms with Crippen molar-refractivity contribution in [3.63, 3.8) is 0 Å². The summed E-state index contributed by atoms with van der Waals surface area (Å²) in [5.74, 6) is 0. The molecule has 0 unspecified atom stereocenters. The molecule has 0 saturated carbocycles. The van der Waals surface area contributed by atoms with Gasteiger partial charge in [0, 0.05) is 17.3 Å². The number of carbonyl (C=O) groups excluding carboxylic acids is 1. The number of hydrogen-bond acceptors (Lipinski definition) is 4. The van der Waals surface area contributed by atoms with Crippen LogP contribution in [0.15, 0.2) is 24.3 Å². The van der Waals surface area contributed by atoms with Crippen LogP contribution < -0.4 is 10.0 Å². The normalized spacial score (nSPS) is 9.78. The molecule has 18 heavy (non-hydrogen) atoms. The highest BCUT2D eigenvalue weighted by Gasteiger charge is 2.07. The van der Waals surface area contributed by atoms with Crippen LogP contribution in [-0.2, 0) is 4.74 Å². The summed E-state index contributed by atoms with van der Waals surface area (Å²) >= 11 is 5.79. The Morgan fingerprint density at radius 1 is 1.50 bits per heavy atom. The summed E-state index contributed by atoms with van der Waals surface area (Å²) in [7, 11) is 0. The molecule has 1 aromatic rings. The minimum absolute atomic E-state index is 0.133. The van der Waals surface area contributed by atoms with Crippen molar-refractivity contribution in [3.8, 4) is 6.07 Å². The Morgan fingerprint density at radius 3 is 2.89 bits per heavy atom. The van der Waals surface area contributed by atoms with Crippen molar-refractivity contribution in [2.45, 2.75) is 6.42 Å². The van der Waals surface area contributed by atoms with E-state index in [1.807, 2.05) is 6.07 Å². The first-order valence-corrected chi connectivity index (χ1v) is 5.71. The van der Waals surface area contributed by atoms with Crippen LogP contribution in [-0.4, -0.2) is 25.9 Å². The second-order valence-electron chi connectivity index (χ2n) is 3.42. The standard InChI is InChI=1S/C12H13ClN2O3/c13-10-3-1-4-11(9-10)15(12(16)17)6-8-18-7-2-5-14/h1,3-4,9H,2,6-8H2,(H,16,17)/p-1. The number of carboxylic acid groups (broad SMARTS) is 1. The Labute approximate surface area is 110 Å². The molecule has 0 bridgehead atoms. The molecule has 5 nitrogen and oxygen atoms in total. The summed E-state index contributed by atoms with van der Waals surface area (Å²) in [6.07, 6.45) is -1.04. The highest BCUT2D eigenvalue weighted by atomic mass is 35.5. The molecule has 1 aromatic carbocycles. The van der Waals surface area contributed by atoms with Gasteiger partial charge in [-0.2, -0.15) is 5.26 Å². The SMILES string of the molecule is N#CCCOCCN(C(=O)[O-])c1cccc(Cl)c1. The second kappa shape index (κ2) is 7.54. The molecule has 0 aliphatic carbocycles.